The summed E-state index contributed by atoms with van der Waals surface area (Å²) in [7, 11) is 1.69. The Hall–Kier alpha value is -3.16. The molecule has 0 saturated heterocycles. The SMILES string of the molecule is Cc1cc2ccc(F)cc2cc1CCC(=O)OC[C@H](CCCCN)N(C)C(=O)NCc1ccccc1Cl. The molecule has 37 heavy (non-hydrogen) atoms. The smallest absolute Gasteiger partial charge is 0.317 e. The number of esters is 1. The van der Waals surface area contributed by atoms with Crippen molar-refractivity contribution in [1.82, 2.24) is 10.2 Å². The van der Waals surface area contributed by atoms with Gasteiger partial charge in [-0.25, -0.2) is 9.18 Å². The van der Waals surface area contributed by atoms with Gasteiger partial charge in [-0.15, -0.1) is 0 Å². The topological polar surface area (TPSA) is 84.7 Å². The van der Waals surface area contributed by atoms with Crippen LogP contribution in [-0.2, 0) is 22.5 Å². The predicted molar refractivity (Wildman–Crippen MR) is 146 cm³/mol. The molecule has 198 valence electrons. The Morgan fingerprint density at radius 3 is 2.62 bits per heavy atom. The molecule has 1 atom stereocenters. The summed E-state index contributed by atoms with van der Waals surface area (Å²) < 4.78 is 19.2. The summed E-state index contributed by atoms with van der Waals surface area (Å²) in [6, 6.07) is 15.4. The normalized spacial score (nSPS) is 11.8. The van der Waals surface area contributed by atoms with Crippen molar-refractivity contribution in [3.05, 3.63) is 82.1 Å². The summed E-state index contributed by atoms with van der Waals surface area (Å²) in [5.74, 6) is -0.630. The van der Waals surface area contributed by atoms with Gasteiger partial charge in [0.15, 0.2) is 0 Å². The number of unbranched alkanes of at least 4 members (excludes halogenated alkanes) is 1. The van der Waals surface area contributed by atoms with E-state index in [2.05, 4.69) is 5.32 Å². The van der Waals surface area contributed by atoms with Gasteiger partial charge in [-0.1, -0.05) is 54.4 Å². The van der Waals surface area contributed by atoms with Gasteiger partial charge in [0.25, 0.3) is 0 Å². The molecular weight excluding hydrogens is 493 g/mol. The summed E-state index contributed by atoms with van der Waals surface area (Å²) >= 11 is 6.19. The van der Waals surface area contributed by atoms with Gasteiger partial charge in [-0.05, 0) is 78.4 Å². The molecule has 0 saturated carbocycles. The minimum absolute atomic E-state index is 0.0985. The molecule has 0 heterocycles. The van der Waals surface area contributed by atoms with Crippen molar-refractivity contribution in [2.24, 2.45) is 5.73 Å². The highest BCUT2D eigenvalue weighted by Crippen LogP contribution is 2.22. The van der Waals surface area contributed by atoms with Crippen molar-refractivity contribution >= 4 is 34.4 Å². The lowest BCUT2D eigenvalue weighted by molar-refractivity contribution is -0.145. The van der Waals surface area contributed by atoms with Crippen LogP contribution >= 0.6 is 11.6 Å². The highest BCUT2D eigenvalue weighted by Gasteiger charge is 2.21. The fraction of sp³-hybridized carbons (Fsp3) is 0.379. The largest absolute Gasteiger partial charge is 0.463 e. The summed E-state index contributed by atoms with van der Waals surface area (Å²) in [6.45, 7) is 2.94. The number of ether oxygens (including phenoxy) is 1. The Kier molecular flexibility index (Phi) is 10.7. The molecule has 0 unspecified atom stereocenters. The number of rotatable bonds is 12. The molecule has 0 fully saturated rings. The molecule has 6 nitrogen and oxygen atoms in total. The molecule has 0 bridgehead atoms. The van der Waals surface area contributed by atoms with E-state index in [0.29, 0.717) is 31.0 Å². The van der Waals surface area contributed by atoms with E-state index < -0.39 is 0 Å². The summed E-state index contributed by atoms with van der Waals surface area (Å²) in [5, 5.41) is 5.23. The van der Waals surface area contributed by atoms with E-state index in [0.717, 1.165) is 40.3 Å². The van der Waals surface area contributed by atoms with Crippen LogP contribution in [0.3, 0.4) is 0 Å². The van der Waals surface area contributed by atoms with Crippen LogP contribution in [0.25, 0.3) is 10.8 Å². The van der Waals surface area contributed by atoms with Crippen molar-refractivity contribution in [3.63, 3.8) is 0 Å². The van der Waals surface area contributed by atoms with E-state index in [1.54, 1.807) is 24.1 Å². The molecule has 0 aliphatic heterocycles. The van der Waals surface area contributed by atoms with E-state index in [1.807, 2.05) is 37.3 Å². The number of hydrogen-bond acceptors (Lipinski definition) is 4. The molecule has 2 amide bonds. The van der Waals surface area contributed by atoms with E-state index in [9.17, 15) is 14.0 Å². The van der Waals surface area contributed by atoms with Crippen LogP contribution in [-0.4, -0.2) is 43.1 Å². The Morgan fingerprint density at radius 1 is 1.08 bits per heavy atom. The molecule has 3 N–H and O–H groups in total. The third kappa shape index (κ3) is 8.44. The predicted octanol–water partition coefficient (Wildman–Crippen LogP) is 5.76. The standard InChI is InChI=1S/C29H35ClFN3O3/c1-20-15-22-10-12-25(31)17-24(22)16-21(20)11-13-28(35)37-19-26(8-5-6-14-32)34(2)29(36)33-18-23-7-3-4-9-27(23)30/h3-4,7,9-10,12,15-17,26H,5-6,8,11,13-14,18-19,32H2,1-2H3,(H,33,36)/t26-/m0/s1. The number of carbonyl (C=O) groups is 2. The molecule has 0 radical (unpaired) electrons. The van der Waals surface area contributed by atoms with Crippen LogP contribution < -0.4 is 11.1 Å². The average Bonchev–Trinajstić information content (AvgIpc) is 2.88. The second kappa shape index (κ2) is 14.0. The number of halogens is 2. The van der Waals surface area contributed by atoms with E-state index in [-0.39, 0.29) is 36.9 Å². The molecular formula is C29H35ClFN3O3. The zero-order valence-electron chi connectivity index (χ0n) is 21.4. The minimum Gasteiger partial charge on any atom is -0.463 e. The second-order valence-corrected chi connectivity index (χ2v) is 9.66. The highest BCUT2D eigenvalue weighted by molar-refractivity contribution is 6.31. The second-order valence-electron chi connectivity index (χ2n) is 9.25. The number of nitrogens with one attached hydrogen (secondary N) is 1. The Bertz CT molecular complexity index is 1220. The van der Waals surface area contributed by atoms with Crippen molar-refractivity contribution in [2.45, 2.75) is 51.6 Å². The number of hydrogen-bond donors (Lipinski definition) is 2. The third-order valence-electron chi connectivity index (χ3n) is 6.54. The lowest BCUT2D eigenvalue weighted by atomic mass is 9.98. The van der Waals surface area contributed by atoms with Crippen molar-refractivity contribution in [1.29, 1.82) is 0 Å². The lowest BCUT2D eigenvalue weighted by Crippen LogP contribution is -2.45. The number of benzene rings is 3. The summed E-state index contributed by atoms with van der Waals surface area (Å²) in [5.41, 5.74) is 8.48. The zero-order valence-corrected chi connectivity index (χ0v) is 22.2. The molecule has 0 aliphatic rings. The van der Waals surface area contributed by atoms with Crippen LogP contribution in [0.2, 0.25) is 5.02 Å². The Labute approximate surface area is 222 Å². The summed E-state index contributed by atoms with van der Waals surface area (Å²) in [4.78, 5) is 27.0. The number of urea groups is 1. The number of likely N-dealkylation sites (N-methyl/N-ethyl adjacent to an activating group) is 1. The number of amides is 2. The van der Waals surface area contributed by atoms with Gasteiger partial charge in [-0.3, -0.25) is 4.79 Å². The van der Waals surface area contributed by atoms with Gasteiger partial charge in [0, 0.05) is 25.0 Å². The minimum atomic E-state index is -0.340. The Morgan fingerprint density at radius 2 is 1.86 bits per heavy atom. The first kappa shape index (κ1) is 28.4. The Balaban J connectivity index is 1.55. The zero-order chi connectivity index (χ0) is 26.8. The van der Waals surface area contributed by atoms with Crippen LogP contribution in [0.15, 0.2) is 54.6 Å². The fourth-order valence-electron chi connectivity index (χ4n) is 4.21. The maximum Gasteiger partial charge on any atom is 0.317 e. The van der Waals surface area contributed by atoms with Crippen LogP contribution in [0.4, 0.5) is 9.18 Å². The van der Waals surface area contributed by atoms with Gasteiger partial charge in [-0.2, -0.15) is 0 Å². The monoisotopic (exact) mass is 527 g/mol. The highest BCUT2D eigenvalue weighted by atomic mass is 35.5. The maximum atomic E-state index is 13.6. The first-order valence-corrected chi connectivity index (χ1v) is 12.9. The van der Waals surface area contributed by atoms with Crippen LogP contribution in [0, 0.1) is 12.7 Å². The molecule has 0 spiro atoms. The van der Waals surface area contributed by atoms with Gasteiger partial charge in [0.2, 0.25) is 0 Å². The first-order chi connectivity index (χ1) is 17.8. The number of fused-ring (bicyclic) bond motifs is 1. The van der Waals surface area contributed by atoms with Gasteiger partial charge >= 0.3 is 12.0 Å². The fourth-order valence-corrected chi connectivity index (χ4v) is 4.42. The van der Waals surface area contributed by atoms with Crippen LogP contribution in [0.1, 0.15) is 42.4 Å². The molecule has 3 aromatic rings. The van der Waals surface area contributed by atoms with Gasteiger partial charge in [0.1, 0.15) is 12.4 Å². The van der Waals surface area contributed by atoms with Gasteiger partial charge < -0.3 is 20.7 Å². The maximum absolute atomic E-state index is 13.6. The van der Waals surface area contributed by atoms with E-state index in [4.69, 9.17) is 22.1 Å². The molecule has 8 heteroatoms. The number of nitrogens with zero attached hydrogens (tertiary/aromatic N) is 1. The quantitative estimate of drug-likeness (QED) is 0.232. The number of nitrogens with two attached hydrogens (primary N) is 1. The van der Waals surface area contributed by atoms with Crippen molar-refractivity contribution < 1.29 is 18.7 Å². The van der Waals surface area contributed by atoms with E-state index in [1.165, 1.54) is 12.1 Å². The molecule has 0 aromatic heterocycles. The number of aryl methyl sites for hydroxylation is 2. The average molecular weight is 528 g/mol. The third-order valence-corrected chi connectivity index (χ3v) is 6.91. The van der Waals surface area contributed by atoms with E-state index >= 15 is 0 Å². The van der Waals surface area contributed by atoms with Crippen LogP contribution in [0.5, 0.6) is 0 Å². The van der Waals surface area contributed by atoms with Crippen molar-refractivity contribution in [2.75, 3.05) is 20.2 Å². The molecule has 3 rings (SSSR count). The van der Waals surface area contributed by atoms with Crippen molar-refractivity contribution in [3.8, 4) is 0 Å². The number of carbonyl (C=O) groups excluding carboxylic acids is 2. The van der Waals surface area contributed by atoms with Gasteiger partial charge in [0.05, 0.1) is 6.04 Å². The first-order valence-electron chi connectivity index (χ1n) is 12.6. The lowest BCUT2D eigenvalue weighted by Gasteiger charge is -2.28. The summed E-state index contributed by atoms with van der Waals surface area (Å²) in [6.07, 6.45) is 2.98. The molecule has 0 aliphatic carbocycles. The molecule has 3 aromatic carbocycles.